The summed E-state index contributed by atoms with van der Waals surface area (Å²) in [5.74, 6) is 0.680. The van der Waals surface area contributed by atoms with Gasteiger partial charge in [0.1, 0.15) is 18.5 Å². The molecule has 0 amide bonds. The minimum absolute atomic E-state index is 0.460. The summed E-state index contributed by atoms with van der Waals surface area (Å²) < 4.78 is 10.6. The van der Waals surface area contributed by atoms with Crippen molar-refractivity contribution in [3.8, 4) is 5.75 Å². The van der Waals surface area contributed by atoms with Crippen LogP contribution < -0.4 is 4.74 Å². The van der Waals surface area contributed by atoms with Gasteiger partial charge < -0.3 is 14.6 Å². The Kier molecular flexibility index (Phi) is 4.90. The number of hydrogen-bond acceptors (Lipinski definition) is 5. The van der Waals surface area contributed by atoms with Gasteiger partial charge in [0.15, 0.2) is 0 Å². The quantitative estimate of drug-likeness (QED) is 0.826. The van der Waals surface area contributed by atoms with Crippen molar-refractivity contribution >= 4 is 11.3 Å². The van der Waals surface area contributed by atoms with Crippen LogP contribution in [0.1, 0.15) is 22.2 Å². The van der Waals surface area contributed by atoms with Crippen LogP contribution in [0.2, 0.25) is 0 Å². The Balaban J connectivity index is 2.21. The lowest BCUT2D eigenvalue weighted by Crippen LogP contribution is -2.08. The molecule has 0 aliphatic heterocycles. The van der Waals surface area contributed by atoms with Crippen molar-refractivity contribution in [3.63, 3.8) is 0 Å². The molecule has 2 rings (SSSR count). The summed E-state index contributed by atoms with van der Waals surface area (Å²) in [5, 5.41) is 10.5. The van der Waals surface area contributed by atoms with Gasteiger partial charge in [-0.05, 0) is 13.0 Å². The number of thiazole rings is 1. The number of aromatic nitrogens is 1. The summed E-state index contributed by atoms with van der Waals surface area (Å²) in [7, 11) is 1.63. The Morgan fingerprint density at radius 2 is 2.11 bits per heavy atom. The van der Waals surface area contributed by atoms with Crippen LogP contribution in [0.15, 0.2) is 29.8 Å². The SMILES string of the molecule is COCCOc1ccccc1C(O)c1scnc1C. The van der Waals surface area contributed by atoms with E-state index in [4.69, 9.17) is 9.47 Å². The van der Waals surface area contributed by atoms with Crippen LogP contribution in [0.4, 0.5) is 0 Å². The van der Waals surface area contributed by atoms with E-state index < -0.39 is 6.10 Å². The van der Waals surface area contributed by atoms with Gasteiger partial charge in [-0.3, -0.25) is 0 Å². The predicted octanol–water partition coefficient (Wildman–Crippen LogP) is 2.56. The fraction of sp³-hybridized carbons (Fsp3) is 0.357. The molecule has 4 nitrogen and oxygen atoms in total. The standard InChI is InChI=1S/C14H17NO3S/c1-10-14(19-9-15-10)13(16)11-5-3-4-6-12(11)18-8-7-17-2/h3-6,9,13,16H,7-8H2,1-2H3. The monoisotopic (exact) mass is 279 g/mol. The molecule has 102 valence electrons. The van der Waals surface area contributed by atoms with Gasteiger partial charge >= 0.3 is 0 Å². The second-order valence-corrected chi connectivity index (χ2v) is 4.97. The second-order valence-electron chi connectivity index (χ2n) is 4.08. The number of ether oxygens (including phenoxy) is 2. The summed E-state index contributed by atoms with van der Waals surface area (Å²) in [4.78, 5) is 5.02. The summed E-state index contributed by atoms with van der Waals surface area (Å²) in [6, 6.07) is 7.49. The molecule has 0 aliphatic carbocycles. The molecule has 0 aliphatic rings. The van der Waals surface area contributed by atoms with Gasteiger partial charge in [0.2, 0.25) is 0 Å². The summed E-state index contributed by atoms with van der Waals surface area (Å²) in [6.45, 7) is 2.87. The molecular formula is C14H17NO3S. The van der Waals surface area contributed by atoms with E-state index in [1.807, 2.05) is 31.2 Å². The molecule has 19 heavy (non-hydrogen) atoms. The van der Waals surface area contributed by atoms with Crippen molar-refractivity contribution in [3.05, 3.63) is 45.9 Å². The van der Waals surface area contributed by atoms with Crippen LogP contribution in [-0.2, 0) is 4.74 Å². The van der Waals surface area contributed by atoms with Crippen LogP contribution in [0, 0.1) is 6.92 Å². The first kappa shape index (κ1) is 14.0. The minimum atomic E-state index is -0.703. The highest BCUT2D eigenvalue weighted by Gasteiger charge is 2.18. The number of para-hydroxylation sites is 1. The number of hydrogen-bond donors (Lipinski definition) is 1. The fourth-order valence-electron chi connectivity index (χ4n) is 1.79. The zero-order valence-electron chi connectivity index (χ0n) is 11.0. The predicted molar refractivity (Wildman–Crippen MR) is 74.7 cm³/mol. The molecule has 0 saturated carbocycles. The van der Waals surface area contributed by atoms with Crippen LogP contribution in [-0.4, -0.2) is 30.4 Å². The van der Waals surface area contributed by atoms with E-state index in [9.17, 15) is 5.11 Å². The third-order valence-electron chi connectivity index (χ3n) is 2.79. The number of methoxy groups -OCH3 is 1. The fourth-order valence-corrected chi connectivity index (χ4v) is 2.59. The first-order chi connectivity index (χ1) is 9.24. The lowest BCUT2D eigenvalue weighted by atomic mass is 10.1. The molecule has 1 atom stereocenters. The Labute approximate surface area is 116 Å². The number of aryl methyl sites for hydroxylation is 1. The molecule has 2 aromatic rings. The molecule has 0 fully saturated rings. The second kappa shape index (κ2) is 6.65. The molecule has 0 bridgehead atoms. The molecule has 0 saturated heterocycles. The van der Waals surface area contributed by atoms with Crippen LogP contribution in [0.5, 0.6) is 5.75 Å². The normalized spacial score (nSPS) is 12.4. The molecule has 1 aromatic carbocycles. The van der Waals surface area contributed by atoms with Crippen molar-refractivity contribution in [1.82, 2.24) is 4.98 Å². The average Bonchev–Trinajstić information content (AvgIpc) is 2.85. The van der Waals surface area contributed by atoms with Crippen LogP contribution in [0.3, 0.4) is 0 Å². The van der Waals surface area contributed by atoms with E-state index in [2.05, 4.69) is 4.98 Å². The van der Waals surface area contributed by atoms with E-state index in [0.29, 0.717) is 19.0 Å². The lowest BCUT2D eigenvalue weighted by Gasteiger charge is -2.15. The summed E-state index contributed by atoms with van der Waals surface area (Å²) in [6.07, 6.45) is -0.703. The highest BCUT2D eigenvalue weighted by molar-refractivity contribution is 7.09. The maximum absolute atomic E-state index is 10.5. The maximum atomic E-state index is 10.5. The molecule has 5 heteroatoms. The Bertz CT molecular complexity index is 527. The van der Waals surface area contributed by atoms with Crippen LogP contribution in [0.25, 0.3) is 0 Å². The van der Waals surface area contributed by atoms with Crippen LogP contribution >= 0.6 is 11.3 Å². The number of rotatable bonds is 6. The van der Waals surface area contributed by atoms with Gasteiger partial charge in [-0.25, -0.2) is 4.98 Å². The van der Waals surface area contributed by atoms with E-state index in [-0.39, 0.29) is 0 Å². The topological polar surface area (TPSA) is 51.6 Å². The molecule has 1 unspecified atom stereocenters. The van der Waals surface area contributed by atoms with Gasteiger partial charge in [-0.1, -0.05) is 18.2 Å². The number of nitrogens with zero attached hydrogens (tertiary/aromatic N) is 1. The van der Waals surface area contributed by atoms with Gasteiger partial charge in [0, 0.05) is 12.7 Å². The highest BCUT2D eigenvalue weighted by atomic mass is 32.1. The zero-order chi connectivity index (χ0) is 13.7. The molecule has 1 heterocycles. The number of aliphatic hydroxyl groups excluding tert-OH is 1. The van der Waals surface area contributed by atoms with Crippen molar-refractivity contribution in [2.75, 3.05) is 20.3 Å². The highest BCUT2D eigenvalue weighted by Crippen LogP contribution is 2.33. The van der Waals surface area contributed by atoms with E-state index in [0.717, 1.165) is 16.1 Å². The smallest absolute Gasteiger partial charge is 0.125 e. The lowest BCUT2D eigenvalue weighted by molar-refractivity contribution is 0.142. The van der Waals surface area contributed by atoms with Crippen molar-refractivity contribution in [1.29, 1.82) is 0 Å². The zero-order valence-corrected chi connectivity index (χ0v) is 11.8. The molecule has 0 spiro atoms. The number of aliphatic hydroxyl groups is 1. The van der Waals surface area contributed by atoms with Crippen molar-refractivity contribution in [2.24, 2.45) is 0 Å². The van der Waals surface area contributed by atoms with Gasteiger partial charge in [-0.2, -0.15) is 0 Å². The Hall–Kier alpha value is -1.43. The first-order valence-corrected chi connectivity index (χ1v) is 6.90. The van der Waals surface area contributed by atoms with Gasteiger partial charge in [0.25, 0.3) is 0 Å². The molecule has 1 aromatic heterocycles. The van der Waals surface area contributed by atoms with Crippen molar-refractivity contribution < 1.29 is 14.6 Å². The van der Waals surface area contributed by atoms with E-state index >= 15 is 0 Å². The van der Waals surface area contributed by atoms with E-state index in [1.54, 1.807) is 12.6 Å². The summed E-state index contributed by atoms with van der Waals surface area (Å²) >= 11 is 1.45. The minimum Gasteiger partial charge on any atom is -0.491 e. The third kappa shape index (κ3) is 3.32. The molecule has 0 radical (unpaired) electrons. The van der Waals surface area contributed by atoms with Gasteiger partial charge in [0.05, 0.1) is 22.7 Å². The first-order valence-electron chi connectivity index (χ1n) is 6.02. The molecule has 1 N–H and O–H groups in total. The number of benzene rings is 1. The average molecular weight is 279 g/mol. The van der Waals surface area contributed by atoms with E-state index in [1.165, 1.54) is 11.3 Å². The Morgan fingerprint density at radius 3 is 2.79 bits per heavy atom. The largest absolute Gasteiger partial charge is 0.491 e. The van der Waals surface area contributed by atoms with Crippen molar-refractivity contribution in [2.45, 2.75) is 13.0 Å². The maximum Gasteiger partial charge on any atom is 0.125 e. The van der Waals surface area contributed by atoms with Gasteiger partial charge in [-0.15, -0.1) is 11.3 Å². The third-order valence-corrected chi connectivity index (χ3v) is 3.77. The Morgan fingerprint density at radius 1 is 1.32 bits per heavy atom. The molecular weight excluding hydrogens is 262 g/mol. The summed E-state index contributed by atoms with van der Waals surface area (Å²) in [5.41, 5.74) is 3.34.